The number of nitrogens with two attached hydrogens (primary N) is 1. The van der Waals surface area contributed by atoms with Gasteiger partial charge in [0.25, 0.3) is 0 Å². The number of aromatic nitrogens is 2. The SMILES string of the molecule is Nc1cnc(Oc2cccc3c2CCC3=O)nc1. The first-order valence-electron chi connectivity index (χ1n) is 5.64. The number of fused-ring (bicyclic) bond motifs is 1. The molecule has 1 aliphatic rings. The van der Waals surface area contributed by atoms with Crippen LogP contribution in [0, 0.1) is 0 Å². The molecule has 0 fully saturated rings. The molecule has 0 radical (unpaired) electrons. The van der Waals surface area contributed by atoms with Gasteiger partial charge in [-0.3, -0.25) is 4.79 Å². The van der Waals surface area contributed by atoms with Crippen LogP contribution in [0.15, 0.2) is 30.6 Å². The molecule has 0 amide bonds. The maximum atomic E-state index is 11.6. The van der Waals surface area contributed by atoms with E-state index in [1.165, 1.54) is 12.4 Å². The number of Topliss-reactive ketones (excluding diaryl/α,β-unsaturated/α-hetero) is 1. The summed E-state index contributed by atoms with van der Waals surface area (Å²) in [5.74, 6) is 0.803. The van der Waals surface area contributed by atoms with Crippen molar-refractivity contribution in [2.75, 3.05) is 5.73 Å². The van der Waals surface area contributed by atoms with Gasteiger partial charge in [-0.05, 0) is 12.5 Å². The second-order valence-electron chi connectivity index (χ2n) is 4.11. The lowest BCUT2D eigenvalue weighted by Crippen LogP contribution is -1.97. The minimum Gasteiger partial charge on any atom is -0.424 e. The zero-order valence-corrected chi connectivity index (χ0v) is 9.59. The molecule has 1 aromatic heterocycles. The van der Waals surface area contributed by atoms with E-state index in [2.05, 4.69) is 9.97 Å². The number of ketones is 1. The van der Waals surface area contributed by atoms with Crippen molar-refractivity contribution in [1.29, 1.82) is 0 Å². The third kappa shape index (κ3) is 1.79. The van der Waals surface area contributed by atoms with E-state index in [0.29, 0.717) is 24.3 Å². The molecule has 0 bridgehead atoms. The fourth-order valence-corrected chi connectivity index (χ4v) is 2.03. The largest absolute Gasteiger partial charge is 0.424 e. The summed E-state index contributed by atoms with van der Waals surface area (Å²) in [4.78, 5) is 19.6. The molecule has 3 rings (SSSR count). The summed E-state index contributed by atoms with van der Waals surface area (Å²) >= 11 is 0. The van der Waals surface area contributed by atoms with E-state index >= 15 is 0 Å². The highest BCUT2D eigenvalue weighted by atomic mass is 16.5. The Labute approximate surface area is 104 Å². The number of carbonyl (C=O) groups is 1. The van der Waals surface area contributed by atoms with Gasteiger partial charge in [-0.2, -0.15) is 0 Å². The van der Waals surface area contributed by atoms with Gasteiger partial charge in [0, 0.05) is 17.5 Å². The van der Waals surface area contributed by atoms with Gasteiger partial charge in [0.1, 0.15) is 5.75 Å². The first kappa shape index (κ1) is 10.7. The van der Waals surface area contributed by atoms with E-state index in [0.717, 1.165) is 11.1 Å². The number of hydrogen-bond donors (Lipinski definition) is 1. The van der Waals surface area contributed by atoms with Gasteiger partial charge in [-0.1, -0.05) is 12.1 Å². The monoisotopic (exact) mass is 241 g/mol. The standard InChI is InChI=1S/C13H11N3O2/c14-8-6-15-13(16-7-8)18-12-3-1-2-9-10(12)4-5-11(9)17/h1-3,6-7H,4-5,14H2. The van der Waals surface area contributed by atoms with Gasteiger partial charge in [0.2, 0.25) is 0 Å². The molecule has 0 spiro atoms. The predicted octanol–water partition coefficient (Wildman–Crippen LogP) is 1.98. The highest BCUT2D eigenvalue weighted by molar-refractivity contribution is 6.01. The smallest absolute Gasteiger partial charge is 0.322 e. The molecule has 18 heavy (non-hydrogen) atoms. The number of rotatable bonds is 2. The predicted molar refractivity (Wildman–Crippen MR) is 65.6 cm³/mol. The van der Waals surface area contributed by atoms with E-state index in [4.69, 9.17) is 10.5 Å². The Kier molecular flexibility index (Phi) is 2.44. The maximum absolute atomic E-state index is 11.6. The van der Waals surface area contributed by atoms with Crippen LogP contribution in [0.1, 0.15) is 22.3 Å². The van der Waals surface area contributed by atoms with Crippen molar-refractivity contribution in [3.8, 4) is 11.8 Å². The fraction of sp³-hybridized carbons (Fsp3) is 0.154. The minimum atomic E-state index is 0.161. The van der Waals surface area contributed by atoms with E-state index < -0.39 is 0 Å². The number of nitrogen functional groups attached to an aromatic ring is 1. The molecule has 1 aliphatic carbocycles. The average Bonchev–Trinajstić information content (AvgIpc) is 2.76. The van der Waals surface area contributed by atoms with Crippen molar-refractivity contribution < 1.29 is 9.53 Å². The molecule has 0 unspecified atom stereocenters. The third-order valence-corrected chi connectivity index (χ3v) is 2.88. The molecule has 90 valence electrons. The van der Waals surface area contributed by atoms with Gasteiger partial charge in [-0.15, -0.1) is 0 Å². The van der Waals surface area contributed by atoms with E-state index in [9.17, 15) is 4.79 Å². The first-order valence-corrected chi connectivity index (χ1v) is 5.64. The zero-order chi connectivity index (χ0) is 12.5. The van der Waals surface area contributed by atoms with Gasteiger partial charge >= 0.3 is 6.01 Å². The Morgan fingerprint density at radius 2 is 1.94 bits per heavy atom. The third-order valence-electron chi connectivity index (χ3n) is 2.88. The first-order chi connectivity index (χ1) is 8.74. The molecule has 5 nitrogen and oxygen atoms in total. The summed E-state index contributed by atoms with van der Waals surface area (Å²) in [6, 6.07) is 5.67. The maximum Gasteiger partial charge on any atom is 0.322 e. The molecule has 5 heteroatoms. The summed E-state index contributed by atoms with van der Waals surface area (Å²) in [6.07, 6.45) is 4.21. The van der Waals surface area contributed by atoms with Crippen molar-refractivity contribution in [3.05, 3.63) is 41.7 Å². The van der Waals surface area contributed by atoms with Crippen molar-refractivity contribution in [3.63, 3.8) is 0 Å². The summed E-state index contributed by atoms with van der Waals surface area (Å²) in [6.45, 7) is 0. The Hall–Kier alpha value is -2.43. The van der Waals surface area contributed by atoms with Crippen LogP contribution in [0.4, 0.5) is 5.69 Å². The lowest BCUT2D eigenvalue weighted by Gasteiger charge is -2.07. The minimum absolute atomic E-state index is 0.161. The van der Waals surface area contributed by atoms with Crippen LogP contribution >= 0.6 is 0 Å². The van der Waals surface area contributed by atoms with Crippen LogP contribution in [0.2, 0.25) is 0 Å². The lowest BCUT2D eigenvalue weighted by molar-refractivity contribution is 0.0994. The number of benzene rings is 1. The van der Waals surface area contributed by atoms with Crippen LogP contribution in [0.5, 0.6) is 11.8 Å². The topological polar surface area (TPSA) is 78.1 Å². The molecular formula is C13H11N3O2. The van der Waals surface area contributed by atoms with E-state index in [1.54, 1.807) is 6.07 Å². The van der Waals surface area contributed by atoms with Gasteiger partial charge in [-0.25, -0.2) is 9.97 Å². The van der Waals surface area contributed by atoms with Crippen molar-refractivity contribution >= 4 is 11.5 Å². The summed E-state index contributed by atoms with van der Waals surface area (Å²) in [5.41, 5.74) is 7.66. The highest BCUT2D eigenvalue weighted by Gasteiger charge is 2.23. The number of carbonyl (C=O) groups excluding carboxylic acids is 1. The molecule has 0 saturated heterocycles. The van der Waals surface area contributed by atoms with Gasteiger partial charge in [0.05, 0.1) is 18.1 Å². The molecule has 2 aromatic rings. The molecule has 0 atom stereocenters. The lowest BCUT2D eigenvalue weighted by atomic mass is 10.1. The van der Waals surface area contributed by atoms with Gasteiger partial charge in [0.15, 0.2) is 5.78 Å². The van der Waals surface area contributed by atoms with Crippen molar-refractivity contribution in [2.45, 2.75) is 12.8 Å². The second-order valence-corrected chi connectivity index (χ2v) is 4.11. The van der Waals surface area contributed by atoms with Crippen molar-refractivity contribution in [1.82, 2.24) is 9.97 Å². The molecule has 2 N–H and O–H groups in total. The normalized spacial score (nSPS) is 13.4. The van der Waals surface area contributed by atoms with Crippen LogP contribution in [0.3, 0.4) is 0 Å². The Bertz CT molecular complexity index is 608. The number of hydrogen-bond acceptors (Lipinski definition) is 5. The Morgan fingerprint density at radius 3 is 2.72 bits per heavy atom. The van der Waals surface area contributed by atoms with Crippen molar-refractivity contribution in [2.24, 2.45) is 0 Å². The summed E-state index contributed by atoms with van der Waals surface area (Å²) in [7, 11) is 0. The summed E-state index contributed by atoms with van der Waals surface area (Å²) < 4.78 is 5.59. The average molecular weight is 241 g/mol. The van der Waals surface area contributed by atoms with Crippen LogP contribution in [0.25, 0.3) is 0 Å². The molecule has 1 aromatic carbocycles. The Morgan fingerprint density at radius 1 is 1.17 bits per heavy atom. The van der Waals surface area contributed by atoms with Crippen LogP contribution in [-0.2, 0) is 6.42 Å². The Balaban J connectivity index is 1.94. The molecule has 0 aliphatic heterocycles. The highest BCUT2D eigenvalue weighted by Crippen LogP contribution is 2.32. The number of anilines is 1. The second kappa shape index (κ2) is 4.10. The van der Waals surface area contributed by atoms with E-state index in [-0.39, 0.29) is 11.8 Å². The van der Waals surface area contributed by atoms with Crippen LogP contribution < -0.4 is 10.5 Å². The van der Waals surface area contributed by atoms with Crippen LogP contribution in [-0.4, -0.2) is 15.8 Å². The zero-order valence-electron chi connectivity index (χ0n) is 9.59. The fourth-order valence-electron chi connectivity index (χ4n) is 2.03. The number of nitrogens with zero attached hydrogens (tertiary/aromatic N) is 2. The summed E-state index contributed by atoms with van der Waals surface area (Å²) in [5, 5.41) is 0. The molecule has 1 heterocycles. The quantitative estimate of drug-likeness (QED) is 0.869. The molecular weight excluding hydrogens is 230 g/mol. The molecule has 0 saturated carbocycles. The number of ether oxygens (including phenoxy) is 1. The van der Waals surface area contributed by atoms with Gasteiger partial charge < -0.3 is 10.5 Å². The van der Waals surface area contributed by atoms with E-state index in [1.807, 2.05) is 12.1 Å².